The lowest BCUT2D eigenvalue weighted by Crippen LogP contribution is -2.09. The van der Waals surface area contributed by atoms with E-state index in [1.54, 1.807) is 25.1 Å². The van der Waals surface area contributed by atoms with E-state index in [9.17, 15) is 9.18 Å². The summed E-state index contributed by atoms with van der Waals surface area (Å²) >= 11 is 0. The summed E-state index contributed by atoms with van der Waals surface area (Å²) in [7, 11) is 0. The highest BCUT2D eigenvalue weighted by molar-refractivity contribution is 5.90. The molecule has 0 aliphatic heterocycles. The predicted octanol–water partition coefficient (Wildman–Crippen LogP) is 4.85. The monoisotopic (exact) mass is 356 g/mol. The Morgan fingerprint density at radius 3 is 2.35 bits per heavy atom. The first-order chi connectivity index (χ1) is 12.5. The first-order valence-electron chi connectivity index (χ1n) is 8.86. The lowest BCUT2D eigenvalue weighted by molar-refractivity contribution is -0.130. The molecule has 4 heteroatoms. The quantitative estimate of drug-likeness (QED) is 0.418. The smallest absolute Gasteiger partial charge is 0.338 e. The minimum Gasteiger partial charge on any atom is -0.423 e. The lowest BCUT2D eigenvalue weighted by atomic mass is 9.98. The molecule has 1 N–H and O–H groups in total. The zero-order valence-corrected chi connectivity index (χ0v) is 15.3. The summed E-state index contributed by atoms with van der Waals surface area (Å²) in [6.45, 7) is 7.29. The molecule has 0 spiro atoms. The van der Waals surface area contributed by atoms with E-state index in [1.165, 1.54) is 6.07 Å². The predicted molar refractivity (Wildman–Crippen MR) is 102 cm³/mol. The van der Waals surface area contributed by atoms with Crippen LogP contribution in [0.2, 0.25) is 0 Å². The van der Waals surface area contributed by atoms with Crippen LogP contribution in [0.25, 0.3) is 11.1 Å². The van der Waals surface area contributed by atoms with Gasteiger partial charge >= 0.3 is 5.97 Å². The third-order valence-corrected chi connectivity index (χ3v) is 4.08. The number of aryl methyl sites for hydroxylation is 2. The van der Waals surface area contributed by atoms with Crippen LogP contribution in [0.5, 0.6) is 5.75 Å². The van der Waals surface area contributed by atoms with Crippen molar-refractivity contribution in [2.75, 3.05) is 6.61 Å². The number of carbonyl (C=O) groups excluding carboxylic acids is 1. The Morgan fingerprint density at radius 2 is 1.77 bits per heavy atom. The molecule has 0 heterocycles. The Kier molecular flexibility index (Phi) is 7.10. The van der Waals surface area contributed by atoms with Gasteiger partial charge in [0.25, 0.3) is 0 Å². The second kappa shape index (κ2) is 9.30. The van der Waals surface area contributed by atoms with E-state index in [1.807, 2.05) is 19.1 Å². The molecule has 0 unspecified atom stereocenters. The highest BCUT2D eigenvalue weighted by Gasteiger charge is 2.16. The van der Waals surface area contributed by atoms with Crippen LogP contribution in [0.1, 0.15) is 37.8 Å². The van der Waals surface area contributed by atoms with Gasteiger partial charge in [-0.25, -0.2) is 9.18 Å². The van der Waals surface area contributed by atoms with Crippen molar-refractivity contribution in [3.8, 4) is 16.9 Å². The van der Waals surface area contributed by atoms with Gasteiger partial charge in [-0.05, 0) is 49.4 Å². The van der Waals surface area contributed by atoms with Crippen LogP contribution in [0.3, 0.4) is 0 Å². The Balaban J connectivity index is 2.45. The molecule has 0 bridgehead atoms. The maximum atomic E-state index is 14.6. The van der Waals surface area contributed by atoms with E-state index in [0.717, 1.165) is 24.0 Å². The number of aliphatic hydroxyl groups is 1. The van der Waals surface area contributed by atoms with Gasteiger partial charge < -0.3 is 9.84 Å². The average Bonchev–Trinajstić information content (AvgIpc) is 2.61. The summed E-state index contributed by atoms with van der Waals surface area (Å²) in [5.74, 6) is -0.587. The number of benzene rings is 2. The fraction of sp³-hybridized carbons (Fsp3) is 0.318. The van der Waals surface area contributed by atoms with Crippen LogP contribution in [-0.2, 0) is 17.6 Å². The summed E-state index contributed by atoms with van der Waals surface area (Å²) < 4.78 is 20.1. The molecule has 3 nitrogen and oxygen atoms in total. The van der Waals surface area contributed by atoms with Gasteiger partial charge in [-0.15, -0.1) is 0 Å². The molecule has 26 heavy (non-hydrogen) atoms. The Labute approximate surface area is 154 Å². The number of hydrogen-bond acceptors (Lipinski definition) is 3. The van der Waals surface area contributed by atoms with Crippen LogP contribution < -0.4 is 4.74 Å². The normalized spacial score (nSPS) is 10.6. The SMILES string of the molecule is C=C(C)C(=O)Oc1cc(CCCO)ccc1-c1ccc(CCC)cc1F. The molecule has 0 aromatic heterocycles. The van der Waals surface area contributed by atoms with Crippen molar-refractivity contribution in [3.05, 3.63) is 65.5 Å². The molecule has 2 aromatic rings. The summed E-state index contributed by atoms with van der Waals surface area (Å²) in [5, 5.41) is 9.01. The molecule has 0 amide bonds. The molecule has 0 aliphatic carbocycles. The van der Waals surface area contributed by atoms with Gasteiger partial charge in [-0.2, -0.15) is 0 Å². The van der Waals surface area contributed by atoms with E-state index < -0.39 is 5.97 Å². The van der Waals surface area contributed by atoms with Gasteiger partial charge in [0, 0.05) is 23.3 Å². The first kappa shape index (κ1) is 19.9. The molecular weight excluding hydrogens is 331 g/mol. The molecule has 0 saturated carbocycles. The van der Waals surface area contributed by atoms with Gasteiger partial charge in [0.1, 0.15) is 11.6 Å². The molecular formula is C22H25FO3. The second-order valence-corrected chi connectivity index (χ2v) is 6.39. The minimum absolute atomic E-state index is 0.0795. The van der Waals surface area contributed by atoms with E-state index in [4.69, 9.17) is 9.84 Å². The van der Waals surface area contributed by atoms with Gasteiger partial charge in [0.2, 0.25) is 0 Å². The summed E-state index contributed by atoms with van der Waals surface area (Å²) in [5.41, 5.74) is 3.04. The highest BCUT2D eigenvalue weighted by Crippen LogP contribution is 2.34. The summed E-state index contributed by atoms with van der Waals surface area (Å²) in [6.07, 6.45) is 3.01. The Bertz CT molecular complexity index is 796. The zero-order chi connectivity index (χ0) is 19.1. The fourth-order valence-corrected chi connectivity index (χ4v) is 2.72. The van der Waals surface area contributed by atoms with Crippen molar-refractivity contribution in [1.29, 1.82) is 0 Å². The summed E-state index contributed by atoms with van der Waals surface area (Å²) in [6, 6.07) is 10.5. The number of hydrogen-bond donors (Lipinski definition) is 1. The Hall–Kier alpha value is -2.46. The number of ether oxygens (including phenoxy) is 1. The molecule has 0 atom stereocenters. The van der Waals surface area contributed by atoms with Gasteiger partial charge in [-0.3, -0.25) is 0 Å². The van der Waals surface area contributed by atoms with Crippen molar-refractivity contribution in [2.24, 2.45) is 0 Å². The van der Waals surface area contributed by atoms with Crippen LogP contribution in [0.15, 0.2) is 48.6 Å². The molecule has 0 saturated heterocycles. The number of carbonyl (C=O) groups is 1. The molecule has 0 fully saturated rings. The van der Waals surface area contributed by atoms with Crippen molar-refractivity contribution in [3.63, 3.8) is 0 Å². The van der Waals surface area contributed by atoms with Crippen molar-refractivity contribution in [2.45, 2.75) is 39.5 Å². The van der Waals surface area contributed by atoms with Crippen LogP contribution >= 0.6 is 0 Å². The maximum absolute atomic E-state index is 14.6. The van der Waals surface area contributed by atoms with Crippen LogP contribution in [0.4, 0.5) is 4.39 Å². The largest absolute Gasteiger partial charge is 0.423 e. The van der Waals surface area contributed by atoms with E-state index in [0.29, 0.717) is 29.7 Å². The fourth-order valence-electron chi connectivity index (χ4n) is 2.72. The third-order valence-electron chi connectivity index (χ3n) is 4.08. The number of aliphatic hydroxyl groups excluding tert-OH is 1. The van der Waals surface area contributed by atoms with Crippen molar-refractivity contribution < 1.29 is 19.0 Å². The minimum atomic E-state index is -0.548. The van der Waals surface area contributed by atoms with Crippen molar-refractivity contribution in [1.82, 2.24) is 0 Å². The number of esters is 1. The number of halogens is 1. The first-order valence-corrected chi connectivity index (χ1v) is 8.86. The molecule has 138 valence electrons. The van der Waals surface area contributed by atoms with E-state index >= 15 is 0 Å². The average molecular weight is 356 g/mol. The zero-order valence-electron chi connectivity index (χ0n) is 15.3. The number of rotatable bonds is 8. The standard InChI is InChI=1S/C22H25FO3/c1-4-6-16-8-10-18(20(23)13-16)19-11-9-17(7-5-12-24)14-21(19)26-22(25)15(2)3/h8-11,13-14,24H,2,4-7,12H2,1,3H3. The molecule has 2 aromatic carbocycles. The van der Waals surface area contributed by atoms with Gasteiger partial charge in [0.05, 0.1) is 0 Å². The topological polar surface area (TPSA) is 46.5 Å². The summed E-state index contributed by atoms with van der Waals surface area (Å²) in [4.78, 5) is 12.0. The van der Waals surface area contributed by atoms with Crippen LogP contribution in [-0.4, -0.2) is 17.7 Å². The molecule has 0 aliphatic rings. The highest BCUT2D eigenvalue weighted by atomic mass is 19.1. The molecule has 2 rings (SSSR count). The lowest BCUT2D eigenvalue weighted by Gasteiger charge is -2.14. The van der Waals surface area contributed by atoms with Crippen LogP contribution in [0, 0.1) is 5.82 Å². The van der Waals surface area contributed by atoms with Gasteiger partial charge in [0.15, 0.2) is 0 Å². The second-order valence-electron chi connectivity index (χ2n) is 6.39. The maximum Gasteiger partial charge on any atom is 0.338 e. The third kappa shape index (κ3) is 5.02. The Morgan fingerprint density at radius 1 is 1.12 bits per heavy atom. The van der Waals surface area contributed by atoms with Gasteiger partial charge in [-0.1, -0.05) is 44.2 Å². The van der Waals surface area contributed by atoms with E-state index in [2.05, 4.69) is 6.58 Å². The van der Waals surface area contributed by atoms with E-state index in [-0.39, 0.29) is 18.0 Å². The molecule has 0 radical (unpaired) electrons. The van der Waals surface area contributed by atoms with Crippen molar-refractivity contribution >= 4 is 5.97 Å².